The Balaban J connectivity index is 1.37. The van der Waals surface area contributed by atoms with Crippen LogP contribution >= 0.6 is 0 Å². The lowest BCUT2D eigenvalue weighted by Crippen LogP contribution is -2.34. The molecule has 3 heterocycles. The monoisotopic (exact) mass is 505 g/mol. The topological polar surface area (TPSA) is 112 Å². The van der Waals surface area contributed by atoms with E-state index in [-0.39, 0.29) is 29.3 Å². The molecule has 0 radical (unpaired) electrons. The zero-order valence-electron chi connectivity index (χ0n) is 22.4. The standard InChI is InChI=1S/C29H39N5O3/c1-5-6-7-21(34-28(36)26-17(2)25-23(31-26)15-29(3,4)16-24(25)35)27-32-20-9-8-19(14-22(20)33-27)37-18-10-12-30-13-11-18/h8-9,14,18,21,30-31H,5-7,10-13,15-16H2,1-4H3,(H,32,33)(H,34,36)/t21-/m0/s1. The number of carbonyl (C=O) groups excluding carboxylic acids is 2. The van der Waals surface area contributed by atoms with Crippen LogP contribution in [0.25, 0.3) is 11.0 Å². The average Bonchev–Trinajstić information content (AvgIpc) is 3.42. The lowest BCUT2D eigenvalue weighted by Gasteiger charge is -2.28. The Bertz CT molecular complexity index is 1300. The number of unbranched alkanes of at least 4 members (excludes halogenated alkanes) is 1. The molecule has 0 spiro atoms. The smallest absolute Gasteiger partial charge is 0.268 e. The minimum Gasteiger partial charge on any atom is -0.490 e. The van der Waals surface area contributed by atoms with Gasteiger partial charge in [-0.25, -0.2) is 4.98 Å². The van der Waals surface area contributed by atoms with Gasteiger partial charge in [0.25, 0.3) is 5.91 Å². The van der Waals surface area contributed by atoms with Crippen molar-refractivity contribution in [2.45, 2.75) is 84.8 Å². The molecule has 0 unspecified atom stereocenters. The number of aromatic nitrogens is 3. The lowest BCUT2D eigenvalue weighted by atomic mass is 9.75. The number of piperidine rings is 1. The third kappa shape index (κ3) is 5.44. The summed E-state index contributed by atoms with van der Waals surface area (Å²) in [5, 5.41) is 6.56. The highest BCUT2D eigenvalue weighted by molar-refractivity contribution is 6.04. The Labute approximate surface area is 218 Å². The molecule has 198 valence electrons. The van der Waals surface area contributed by atoms with Gasteiger partial charge in [0.05, 0.1) is 17.1 Å². The molecule has 1 aliphatic carbocycles. The Morgan fingerprint density at radius 3 is 2.76 bits per heavy atom. The first-order valence-electron chi connectivity index (χ1n) is 13.7. The summed E-state index contributed by atoms with van der Waals surface area (Å²) in [6.07, 6.45) is 6.23. The lowest BCUT2D eigenvalue weighted by molar-refractivity contribution is 0.0908. The Kier molecular flexibility index (Phi) is 7.12. The molecule has 1 aromatic carbocycles. The molecular formula is C29H39N5O3. The molecule has 8 heteroatoms. The number of hydrogen-bond acceptors (Lipinski definition) is 5. The molecule has 2 aliphatic rings. The van der Waals surface area contributed by atoms with Gasteiger partial charge in [-0.1, -0.05) is 33.6 Å². The first-order valence-corrected chi connectivity index (χ1v) is 13.7. The number of imidazole rings is 1. The van der Waals surface area contributed by atoms with E-state index >= 15 is 0 Å². The number of fused-ring (bicyclic) bond motifs is 2. The highest BCUT2D eigenvalue weighted by Crippen LogP contribution is 2.37. The summed E-state index contributed by atoms with van der Waals surface area (Å²) >= 11 is 0. The van der Waals surface area contributed by atoms with E-state index in [2.05, 4.69) is 41.4 Å². The van der Waals surface area contributed by atoms with E-state index in [1.807, 2.05) is 25.1 Å². The molecular weight excluding hydrogens is 466 g/mol. The quantitative estimate of drug-likeness (QED) is 0.338. The van der Waals surface area contributed by atoms with E-state index in [0.717, 1.165) is 85.5 Å². The van der Waals surface area contributed by atoms with Gasteiger partial charge in [-0.2, -0.15) is 0 Å². The van der Waals surface area contributed by atoms with Crippen LogP contribution in [0.5, 0.6) is 5.75 Å². The Morgan fingerprint density at radius 1 is 1.22 bits per heavy atom. The molecule has 0 bridgehead atoms. The summed E-state index contributed by atoms with van der Waals surface area (Å²) in [4.78, 5) is 37.8. The van der Waals surface area contributed by atoms with E-state index in [0.29, 0.717) is 17.7 Å². The number of benzene rings is 1. The maximum Gasteiger partial charge on any atom is 0.268 e. The van der Waals surface area contributed by atoms with Gasteiger partial charge in [-0.3, -0.25) is 9.59 Å². The van der Waals surface area contributed by atoms with Gasteiger partial charge < -0.3 is 25.3 Å². The second kappa shape index (κ2) is 10.3. The number of ketones is 1. The first kappa shape index (κ1) is 25.5. The van der Waals surface area contributed by atoms with Crippen LogP contribution in [-0.4, -0.2) is 45.8 Å². The minimum absolute atomic E-state index is 0.108. The van der Waals surface area contributed by atoms with Crippen molar-refractivity contribution in [1.29, 1.82) is 0 Å². The van der Waals surface area contributed by atoms with Crippen molar-refractivity contribution in [2.24, 2.45) is 5.41 Å². The number of hydrogen-bond donors (Lipinski definition) is 4. The molecule has 5 rings (SSSR count). The van der Waals surface area contributed by atoms with Crippen molar-refractivity contribution in [3.05, 3.63) is 46.5 Å². The average molecular weight is 506 g/mol. The number of nitrogens with one attached hydrogen (secondary N) is 4. The van der Waals surface area contributed by atoms with Crippen LogP contribution in [0.3, 0.4) is 0 Å². The number of H-pyrrole nitrogens is 2. The van der Waals surface area contributed by atoms with Gasteiger partial charge >= 0.3 is 0 Å². The summed E-state index contributed by atoms with van der Waals surface area (Å²) in [7, 11) is 0. The molecule has 1 amide bonds. The first-order chi connectivity index (χ1) is 17.7. The van der Waals surface area contributed by atoms with E-state index in [4.69, 9.17) is 9.72 Å². The number of Topliss-reactive ketones (excluding diaryl/α,β-unsaturated/α-hetero) is 1. The number of rotatable bonds is 8. The van der Waals surface area contributed by atoms with Crippen molar-refractivity contribution in [3.63, 3.8) is 0 Å². The second-order valence-corrected chi connectivity index (χ2v) is 11.5. The molecule has 37 heavy (non-hydrogen) atoms. The van der Waals surface area contributed by atoms with Crippen molar-refractivity contribution < 1.29 is 14.3 Å². The van der Waals surface area contributed by atoms with Crippen molar-refractivity contribution in [3.8, 4) is 5.75 Å². The van der Waals surface area contributed by atoms with Crippen LogP contribution < -0.4 is 15.4 Å². The number of nitrogens with zero attached hydrogens (tertiary/aromatic N) is 1. The third-order valence-corrected chi connectivity index (χ3v) is 7.67. The van der Waals surface area contributed by atoms with Crippen LogP contribution in [0.15, 0.2) is 18.2 Å². The summed E-state index contributed by atoms with van der Waals surface area (Å²) in [5.41, 5.74) is 4.43. The van der Waals surface area contributed by atoms with Gasteiger partial charge in [0.15, 0.2) is 5.78 Å². The summed E-state index contributed by atoms with van der Waals surface area (Å²) < 4.78 is 6.21. The maximum atomic E-state index is 13.5. The van der Waals surface area contributed by atoms with Gasteiger partial charge in [0, 0.05) is 23.7 Å². The van der Waals surface area contributed by atoms with E-state index in [1.54, 1.807) is 0 Å². The van der Waals surface area contributed by atoms with Crippen LogP contribution in [0.4, 0.5) is 0 Å². The molecule has 1 saturated heterocycles. The second-order valence-electron chi connectivity index (χ2n) is 11.5. The molecule has 3 aromatic rings. The summed E-state index contributed by atoms with van der Waals surface area (Å²) in [6, 6.07) is 5.69. The summed E-state index contributed by atoms with van der Waals surface area (Å²) in [6.45, 7) is 10.2. The number of amides is 1. The SMILES string of the molecule is CCCC[C@H](NC(=O)c1[nH]c2c(c1C)C(=O)CC(C)(C)C2)c1nc2ccc(OC3CCNCC3)cc2[nH]1. The molecule has 2 aromatic heterocycles. The largest absolute Gasteiger partial charge is 0.490 e. The Morgan fingerprint density at radius 2 is 2.00 bits per heavy atom. The zero-order chi connectivity index (χ0) is 26.2. The highest BCUT2D eigenvalue weighted by Gasteiger charge is 2.35. The molecule has 0 saturated carbocycles. The van der Waals surface area contributed by atoms with Gasteiger partial charge in [0.1, 0.15) is 23.4 Å². The van der Waals surface area contributed by atoms with Crippen molar-refractivity contribution in [1.82, 2.24) is 25.6 Å². The summed E-state index contributed by atoms with van der Waals surface area (Å²) in [5.74, 6) is 1.49. The van der Waals surface area contributed by atoms with E-state index < -0.39 is 0 Å². The molecule has 8 nitrogen and oxygen atoms in total. The van der Waals surface area contributed by atoms with Crippen LogP contribution in [0.1, 0.15) is 103 Å². The normalized spacial score (nSPS) is 18.5. The van der Waals surface area contributed by atoms with E-state index in [9.17, 15) is 9.59 Å². The van der Waals surface area contributed by atoms with E-state index in [1.165, 1.54) is 0 Å². The molecule has 1 fully saturated rings. The maximum absolute atomic E-state index is 13.5. The number of aromatic amines is 2. The number of carbonyl (C=O) groups is 2. The molecule has 4 N–H and O–H groups in total. The Hall–Kier alpha value is -3.13. The van der Waals surface area contributed by atoms with Crippen LogP contribution in [-0.2, 0) is 6.42 Å². The molecule has 1 aliphatic heterocycles. The third-order valence-electron chi connectivity index (χ3n) is 7.67. The fourth-order valence-electron chi connectivity index (χ4n) is 5.73. The van der Waals surface area contributed by atoms with Gasteiger partial charge in [-0.05, 0) is 68.8 Å². The van der Waals surface area contributed by atoms with Crippen LogP contribution in [0.2, 0.25) is 0 Å². The predicted molar refractivity (Wildman–Crippen MR) is 144 cm³/mol. The highest BCUT2D eigenvalue weighted by atomic mass is 16.5. The van der Waals surface area contributed by atoms with Gasteiger partial charge in [0.2, 0.25) is 0 Å². The fourth-order valence-corrected chi connectivity index (χ4v) is 5.73. The van der Waals surface area contributed by atoms with Crippen molar-refractivity contribution in [2.75, 3.05) is 13.1 Å². The van der Waals surface area contributed by atoms with Gasteiger partial charge in [-0.15, -0.1) is 0 Å². The van der Waals surface area contributed by atoms with Crippen molar-refractivity contribution >= 4 is 22.7 Å². The van der Waals surface area contributed by atoms with Crippen LogP contribution in [0, 0.1) is 12.3 Å². The molecule has 1 atom stereocenters. The predicted octanol–water partition coefficient (Wildman–Crippen LogP) is 5.15. The fraction of sp³-hybridized carbons (Fsp3) is 0.552. The minimum atomic E-state index is -0.263. The zero-order valence-corrected chi connectivity index (χ0v) is 22.4. The number of ether oxygens (including phenoxy) is 1.